The molecule has 2 aromatic carbocycles. The Hall–Kier alpha value is -3.04. The van der Waals surface area contributed by atoms with Gasteiger partial charge in [0.1, 0.15) is 6.61 Å². The Morgan fingerprint density at radius 1 is 1.35 bits per heavy atom. The van der Waals surface area contributed by atoms with Crippen molar-refractivity contribution in [1.29, 1.82) is 0 Å². The van der Waals surface area contributed by atoms with Gasteiger partial charge < -0.3 is 14.6 Å². The van der Waals surface area contributed by atoms with Gasteiger partial charge in [-0.3, -0.25) is 9.69 Å². The SMILES string of the molecule is C=CCOc1c(Br)cc(C=C2SC(=Nc3cccc(C(=O)O)c3)N(C)C2=O)cc1OC. The molecule has 1 fully saturated rings. The minimum absolute atomic E-state index is 0.130. The lowest BCUT2D eigenvalue weighted by atomic mass is 10.2. The molecular weight excluding hydrogens is 484 g/mol. The molecule has 1 amide bonds. The van der Waals surface area contributed by atoms with Crippen molar-refractivity contribution in [3.63, 3.8) is 0 Å². The van der Waals surface area contributed by atoms with E-state index in [1.54, 1.807) is 44.5 Å². The third-order valence-electron chi connectivity index (χ3n) is 4.22. The smallest absolute Gasteiger partial charge is 0.335 e. The number of benzene rings is 2. The summed E-state index contributed by atoms with van der Waals surface area (Å²) in [4.78, 5) is 30.2. The first kappa shape index (κ1) is 22.6. The van der Waals surface area contributed by atoms with E-state index in [2.05, 4.69) is 27.5 Å². The maximum atomic E-state index is 12.7. The molecule has 0 spiro atoms. The lowest BCUT2D eigenvalue weighted by molar-refractivity contribution is -0.121. The number of hydrogen-bond acceptors (Lipinski definition) is 6. The Balaban J connectivity index is 1.91. The van der Waals surface area contributed by atoms with Crippen LogP contribution in [0.1, 0.15) is 15.9 Å². The van der Waals surface area contributed by atoms with Crippen LogP contribution >= 0.6 is 27.7 Å². The zero-order chi connectivity index (χ0) is 22.5. The molecule has 1 N–H and O–H groups in total. The van der Waals surface area contributed by atoms with Gasteiger partial charge in [-0.2, -0.15) is 0 Å². The van der Waals surface area contributed by atoms with Crippen molar-refractivity contribution < 1.29 is 24.2 Å². The van der Waals surface area contributed by atoms with Gasteiger partial charge in [0.2, 0.25) is 0 Å². The minimum Gasteiger partial charge on any atom is -0.493 e. The van der Waals surface area contributed by atoms with Crippen molar-refractivity contribution in [3.8, 4) is 11.5 Å². The van der Waals surface area contributed by atoms with E-state index >= 15 is 0 Å². The van der Waals surface area contributed by atoms with Gasteiger partial charge in [0.15, 0.2) is 16.7 Å². The van der Waals surface area contributed by atoms with Gasteiger partial charge in [0, 0.05) is 7.05 Å². The summed E-state index contributed by atoms with van der Waals surface area (Å²) in [6.45, 7) is 3.97. The van der Waals surface area contributed by atoms with Crippen LogP contribution < -0.4 is 9.47 Å². The van der Waals surface area contributed by atoms with Gasteiger partial charge in [-0.05, 0) is 69.7 Å². The summed E-state index contributed by atoms with van der Waals surface area (Å²) in [6, 6.07) is 9.84. The van der Waals surface area contributed by atoms with E-state index in [0.29, 0.717) is 38.3 Å². The number of likely N-dealkylation sites (N-methyl/N-ethyl adjacent to an activating group) is 1. The Labute approximate surface area is 192 Å². The number of rotatable bonds is 7. The first-order valence-electron chi connectivity index (χ1n) is 9.05. The summed E-state index contributed by atoms with van der Waals surface area (Å²) < 4.78 is 11.7. The Morgan fingerprint density at radius 3 is 2.81 bits per heavy atom. The number of halogens is 1. The number of aromatic carboxylic acids is 1. The van der Waals surface area contributed by atoms with Crippen LogP contribution in [0.5, 0.6) is 11.5 Å². The highest BCUT2D eigenvalue weighted by Gasteiger charge is 2.30. The molecule has 2 aromatic rings. The average molecular weight is 503 g/mol. The molecular formula is C22H19BrN2O5S. The normalized spacial score (nSPS) is 16.1. The van der Waals surface area contributed by atoms with Crippen molar-refractivity contribution in [2.45, 2.75) is 0 Å². The van der Waals surface area contributed by atoms with Gasteiger partial charge in [0.25, 0.3) is 5.91 Å². The number of amides is 1. The highest BCUT2D eigenvalue weighted by molar-refractivity contribution is 9.10. The largest absolute Gasteiger partial charge is 0.493 e. The van der Waals surface area contributed by atoms with Crippen LogP contribution in [0.4, 0.5) is 5.69 Å². The molecule has 0 bridgehead atoms. The van der Waals surface area contributed by atoms with Crippen molar-refractivity contribution >= 4 is 56.5 Å². The summed E-state index contributed by atoms with van der Waals surface area (Å²) in [7, 11) is 3.16. The average Bonchev–Trinajstić information content (AvgIpc) is 3.00. The van der Waals surface area contributed by atoms with Gasteiger partial charge in [-0.15, -0.1) is 0 Å². The first-order valence-corrected chi connectivity index (χ1v) is 10.7. The van der Waals surface area contributed by atoms with Crippen molar-refractivity contribution in [1.82, 2.24) is 4.90 Å². The molecule has 0 radical (unpaired) electrons. The van der Waals surface area contributed by atoms with Crippen molar-refractivity contribution in [3.05, 3.63) is 69.6 Å². The van der Waals surface area contributed by atoms with Crippen LogP contribution in [0, 0.1) is 0 Å². The summed E-state index contributed by atoms with van der Waals surface area (Å²) in [5, 5.41) is 9.60. The Morgan fingerprint density at radius 2 is 2.13 bits per heavy atom. The van der Waals surface area contributed by atoms with E-state index < -0.39 is 5.97 Å². The van der Waals surface area contributed by atoms with Crippen molar-refractivity contribution in [2.24, 2.45) is 4.99 Å². The Bertz CT molecular complexity index is 1110. The standard InChI is InChI=1S/C22H19BrN2O5S/c1-4-8-30-19-16(23)9-13(10-17(19)29-3)11-18-20(26)25(2)22(31-18)24-15-7-5-6-14(12-15)21(27)28/h4-7,9-12H,1,8H2,2-3H3,(H,27,28). The lowest BCUT2D eigenvalue weighted by Gasteiger charge is -2.12. The topological polar surface area (TPSA) is 88.4 Å². The monoisotopic (exact) mass is 502 g/mol. The van der Waals surface area contributed by atoms with E-state index in [4.69, 9.17) is 14.6 Å². The van der Waals surface area contributed by atoms with E-state index in [9.17, 15) is 9.59 Å². The van der Waals surface area contributed by atoms with Gasteiger partial charge in [-0.1, -0.05) is 18.7 Å². The number of hydrogen-bond donors (Lipinski definition) is 1. The minimum atomic E-state index is -1.04. The summed E-state index contributed by atoms with van der Waals surface area (Å²) in [5.74, 6) is -0.176. The summed E-state index contributed by atoms with van der Waals surface area (Å²) in [5.41, 5.74) is 1.33. The van der Waals surface area contributed by atoms with Gasteiger partial charge >= 0.3 is 5.97 Å². The second-order valence-corrected chi connectivity index (χ2v) is 8.22. The molecule has 9 heteroatoms. The molecule has 31 heavy (non-hydrogen) atoms. The molecule has 1 saturated heterocycles. The maximum absolute atomic E-state index is 12.7. The van der Waals surface area contributed by atoms with Crippen LogP contribution in [0.25, 0.3) is 6.08 Å². The number of carbonyl (C=O) groups excluding carboxylic acids is 1. The summed E-state index contributed by atoms with van der Waals surface area (Å²) >= 11 is 4.69. The summed E-state index contributed by atoms with van der Waals surface area (Å²) in [6.07, 6.45) is 3.38. The number of methoxy groups -OCH3 is 1. The van der Waals surface area contributed by atoms with E-state index in [0.717, 1.165) is 5.56 Å². The van der Waals surface area contributed by atoms with Crippen LogP contribution in [0.2, 0.25) is 0 Å². The number of carboxylic acid groups (broad SMARTS) is 1. The number of amidine groups is 1. The lowest BCUT2D eigenvalue weighted by Crippen LogP contribution is -2.23. The number of thioether (sulfide) groups is 1. The molecule has 160 valence electrons. The molecule has 7 nitrogen and oxygen atoms in total. The second-order valence-electron chi connectivity index (χ2n) is 6.36. The molecule has 3 rings (SSSR count). The van der Waals surface area contributed by atoms with E-state index in [1.165, 1.54) is 28.8 Å². The molecule has 0 aromatic heterocycles. The second kappa shape index (κ2) is 9.84. The van der Waals surface area contributed by atoms with Crippen LogP contribution in [-0.2, 0) is 4.79 Å². The third kappa shape index (κ3) is 5.18. The number of aliphatic imine (C=N–C) groups is 1. The number of nitrogens with zero attached hydrogens (tertiary/aromatic N) is 2. The van der Waals surface area contributed by atoms with E-state index in [1.807, 2.05) is 6.07 Å². The number of ether oxygens (including phenoxy) is 2. The molecule has 0 unspecified atom stereocenters. The number of carboxylic acids is 1. The highest BCUT2D eigenvalue weighted by Crippen LogP contribution is 2.39. The molecule has 0 saturated carbocycles. The maximum Gasteiger partial charge on any atom is 0.335 e. The van der Waals surface area contributed by atoms with Crippen LogP contribution in [0.3, 0.4) is 0 Å². The third-order valence-corrected chi connectivity index (χ3v) is 5.87. The van der Waals surface area contributed by atoms with Crippen LogP contribution in [-0.4, -0.2) is 47.8 Å². The number of carbonyl (C=O) groups is 2. The zero-order valence-electron chi connectivity index (χ0n) is 16.8. The highest BCUT2D eigenvalue weighted by atomic mass is 79.9. The fourth-order valence-electron chi connectivity index (χ4n) is 2.73. The molecule has 1 aliphatic heterocycles. The molecule has 1 aliphatic rings. The van der Waals surface area contributed by atoms with Crippen LogP contribution in [0.15, 0.2) is 63.4 Å². The first-order chi connectivity index (χ1) is 14.8. The predicted octanol–water partition coefficient (Wildman–Crippen LogP) is 4.95. The van der Waals surface area contributed by atoms with E-state index in [-0.39, 0.29) is 11.5 Å². The molecule has 1 heterocycles. The quantitative estimate of drug-likeness (QED) is 0.425. The fourth-order valence-corrected chi connectivity index (χ4v) is 4.29. The predicted molar refractivity (Wildman–Crippen MR) is 125 cm³/mol. The Kier molecular flexibility index (Phi) is 7.19. The fraction of sp³-hybridized carbons (Fsp3) is 0.136. The molecule has 0 atom stereocenters. The zero-order valence-corrected chi connectivity index (χ0v) is 19.2. The van der Waals surface area contributed by atoms with Gasteiger partial charge in [-0.25, -0.2) is 9.79 Å². The molecule has 0 aliphatic carbocycles. The van der Waals surface area contributed by atoms with Gasteiger partial charge in [0.05, 0.1) is 27.7 Å². The van der Waals surface area contributed by atoms with Crippen molar-refractivity contribution in [2.75, 3.05) is 20.8 Å².